The van der Waals surface area contributed by atoms with Crippen molar-refractivity contribution in [1.82, 2.24) is 0 Å². The molecule has 0 heterocycles. The van der Waals surface area contributed by atoms with Crippen LogP contribution in [0.1, 0.15) is 0 Å². The van der Waals surface area contributed by atoms with Gasteiger partial charge >= 0.3 is 0 Å². The lowest BCUT2D eigenvalue weighted by atomic mass is 10.3. The van der Waals surface area contributed by atoms with E-state index in [4.69, 9.17) is 57.9 Å². The molecular weight excluding hydrogens is 314 g/mol. The molecule has 0 saturated heterocycles. The molecule has 0 atom stereocenters. The molecule has 0 aliphatic carbocycles. The Morgan fingerprint density at radius 1 is 0.611 bits per heavy atom. The van der Waals surface area contributed by atoms with Gasteiger partial charge in [-0.1, -0.05) is 46.4 Å². The SMILES string of the molecule is Nc1ccc(Cl)cc1Cl.Nc1ccc(Cl)cc1Cl. The minimum Gasteiger partial charge on any atom is -0.398 e. The van der Waals surface area contributed by atoms with E-state index in [-0.39, 0.29) is 0 Å². The van der Waals surface area contributed by atoms with Crippen molar-refractivity contribution in [2.75, 3.05) is 11.5 Å². The number of rotatable bonds is 0. The topological polar surface area (TPSA) is 52.0 Å². The minimum atomic E-state index is 0.502. The number of benzene rings is 2. The van der Waals surface area contributed by atoms with Crippen LogP contribution in [0.4, 0.5) is 11.4 Å². The quantitative estimate of drug-likeness (QED) is 0.658. The Balaban J connectivity index is 0.000000180. The summed E-state index contributed by atoms with van der Waals surface area (Å²) in [6.45, 7) is 0. The summed E-state index contributed by atoms with van der Waals surface area (Å²) in [6, 6.07) is 9.96. The number of hydrogen-bond acceptors (Lipinski definition) is 2. The van der Waals surface area contributed by atoms with Crippen LogP contribution in [0, 0.1) is 0 Å². The highest BCUT2D eigenvalue weighted by Gasteiger charge is 1.94. The predicted octanol–water partition coefficient (Wildman–Crippen LogP) is 5.15. The highest BCUT2D eigenvalue weighted by Crippen LogP contribution is 2.22. The summed E-state index contributed by atoms with van der Waals surface area (Å²) >= 11 is 22.4. The number of anilines is 2. The fourth-order valence-electron chi connectivity index (χ4n) is 1.00. The van der Waals surface area contributed by atoms with Gasteiger partial charge < -0.3 is 11.5 Å². The Morgan fingerprint density at radius 3 is 1.17 bits per heavy atom. The van der Waals surface area contributed by atoms with Crippen LogP contribution in [0.3, 0.4) is 0 Å². The van der Waals surface area contributed by atoms with E-state index in [2.05, 4.69) is 0 Å². The molecule has 18 heavy (non-hydrogen) atoms. The summed E-state index contributed by atoms with van der Waals surface area (Å²) in [5.74, 6) is 0. The van der Waals surface area contributed by atoms with Crippen LogP contribution in [-0.2, 0) is 0 Å². The third-order valence-corrected chi connectivity index (χ3v) is 3.05. The second-order valence-corrected chi connectivity index (χ2v) is 5.02. The Labute approximate surface area is 125 Å². The van der Waals surface area contributed by atoms with Gasteiger partial charge in [-0.3, -0.25) is 0 Å². The van der Waals surface area contributed by atoms with Gasteiger partial charge in [0.1, 0.15) is 0 Å². The fraction of sp³-hybridized carbons (Fsp3) is 0. The molecule has 96 valence electrons. The average molecular weight is 324 g/mol. The molecule has 4 N–H and O–H groups in total. The van der Waals surface area contributed by atoms with Gasteiger partial charge in [0.25, 0.3) is 0 Å². The zero-order chi connectivity index (χ0) is 13.7. The van der Waals surface area contributed by atoms with Crippen LogP contribution in [0.2, 0.25) is 20.1 Å². The Kier molecular flexibility index (Phi) is 5.89. The highest BCUT2D eigenvalue weighted by atomic mass is 35.5. The second kappa shape index (κ2) is 6.95. The maximum absolute atomic E-state index is 5.60. The summed E-state index contributed by atoms with van der Waals surface area (Å²) in [4.78, 5) is 0. The lowest BCUT2D eigenvalue weighted by Crippen LogP contribution is -1.83. The molecule has 0 aliphatic heterocycles. The second-order valence-electron chi connectivity index (χ2n) is 3.33. The molecule has 0 fully saturated rings. The zero-order valence-corrected chi connectivity index (χ0v) is 12.2. The molecule has 0 radical (unpaired) electrons. The van der Waals surface area contributed by atoms with Crippen LogP contribution in [0.25, 0.3) is 0 Å². The first-order chi connectivity index (χ1) is 8.40. The van der Waals surface area contributed by atoms with Crippen molar-refractivity contribution < 1.29 is 0 Å². The van der Waals surface area contributed by atoms with E-state index in [1.54, 1.807) is 36.4 Å². The van der Waals surface area contributed by atoms with Gasteiger partial charge in [0, 0.05) is 10.0 Å². The molecule has 2 aromatic rings. The molecule has 0 bridgehead atoms. The Bertz CT molecular complexity index is 494. The maximum atomic E-state index is 5.60. The first-order valence-electron chi connectivity index (χ1n) is 4.81. The van der Waals surface area contributed by atoms with E-state index in [9.17, 15) is 0 Å². The summed E-state index contributed by atoms with van der Waals surface area (Å²) in [7, 11) is 0. The minimum absolute atomic E-state index is 0.502. The van der Waals surface area contributed by atoms with E-state index < -0.39 is 0 Å². The Morgan fingerprint density at radius 2 is 0.944 bits per heavy atom. The van der Waals surface area contributed by atoms with Crippen LogP contribution in [0.5, 0.6) is 0 Å². The van der Waals surface area contributed by atoms with E-state index in [1.807, 2.05) is 0 Å². The third kappa shape index (κ3) is 4.83. The lowest BCUT2D eigenvalue weighted by Gasteiger charge is -1.94. The molecular formula is C12H10Cl4N2. The summed E-state index contributed by atoms with van der Waals surface area (Å²) in [6.07, 6.45) is 0. The fourth-order valence-corrected chi connectivity index (χ4v) is 1.82. The van der Waals surface area contributed by atoms with Crippen LogP contribution in [0.15, 0.2) is 36.4 Å². The summed E-state index contributed by atoms with van der Waals surface area (Å²) in [5, 5.41) is 2.22. The van der Waals surface area contributed by atoms with Crippen LogP contribution in [-0.4, -0.2) is 0 Å². The monoisotopic (exact) mass is 322 g/mol. The van der Waals surface area contributed by atoms with Gasteiger partial charge in [-0.05, 0) is 36.4 Å². The first kappa shape index (κ1) is 15.3. The number of halogens is 4. The average Bonchev–Trinajstić information content (AvgIpc) is 2.30. The van der Waals surface area contributed by atoms with Crippen molar-refractivity contribution in [3.63, 3.8) is 0 Å². The third-order valence-electron chi connectivity index (χ3n) is 1.92. The van der Waals surface area contributed by atoms with Gasteiger partial charge in [0.15, 0.2) is 0 Å². The van der Waals surface area contributed by atoms with Crippen LogP contribution < -0.4 is 11.5 Å². The van der Waals surface area contributed by atoms with Gasteiger partial charge in [0.2, 0.25) is 0 Å². The number of hydrogen-bond donors (Lipinski definition) is 2. The molecule has 0 unspecified atom stereocenters. The molecule has 6 heteroatoms. The summed E-state index contributed by atoms with van der Waals surface area (Å²) in [5.41, 5.74) is 11.9. The largest absolute Gasteiger partial charge is 0.398 e. The molecule has 0 amide bonds. The van der Waals surface area contributed by atoms with Gasteiger partial charge in [-0.15, -0.1) is 0 Å². The smallest absolute Gasteiger partial charge is 0.0650 e. The van der Waals surface area contributed by atoms with Gasteiger partial charge in [-0.2, -0.15) is 0 Å². The highest BCUT2D eigenvalue weighted by molar-refractivity contribution is 6.36. The normalized spacial score (nSPS) is 9.56. The maximum Gasteiger partial charge on any atom is 0.0650 e. The van der Waals surface area contributed by atoms with Crippen molar-refractivity contribution in [3.8, 4) is 0 Å². The molecule has 2 nitrogen and oxygen atoms in total. The lowest BCUT2D eigenvalue weighted by molar-refractivity contribution is 1.68. The first-order valence-corrected chi connectivity index (χ1v) is 6.32. The van der Waals surface area contributed by atoms with Crippen molar-refractivity contribution in [2.24, 2.45) is 0 Å². The van der Waals surface area contributed by atoms with E-state index in [0.717, 1.165) is 0 Å². The van der Waals surface area contributed by atoms with Crippen molar-refractivity contribution in [1.29, 1.82) is 0 Å². The summed E-state index contributed by atoms with van der Waals surface area (Å²) < 4.78 is 0. The van der Waals surface area contributed by atoms with Gasteiger partial charge in [0.05, 0.1) is 21.4 Å². The number of nitrogen functional groups attached to an aromatic ring is 2. The van der Waals surface area contributed by atoms with Gasteiger partial charge in [-0.25, -0.2) is 0 Å². The predicted molar refractivity (Wildman–Crippen MR) is 81.7 cm³/mol. The molecule has 0 saturated carbocycles. The Hall–Kier alpha value is -0.800. The zero-order valence-electron chi connectivity index (χ0n) is 9.13. The molecule has 2 rings (SSSR count). The molecule has 0 spiro atoms. The van der Waals surface area contributed by atoms with Crippen molar-refractivity contribution in [3.05, 3.63) is 56.5 Å². The van der Waals surface area contributed by atoms with E-state index >= 15 is 0 Å². The van der Waals surface area contributed by atoms with Crippen LogP contribution >= 0.6 is 46.4 Å². The standard InChI is InChI=1S/2C6H5Cl2N/c2*7-4-1-2-6(9)5(8)3-4/h2*1-3H,9H2. The molecule has 0 aromatic heterocycles. The van der Waals surface area contributed by atoms with E-state index in [0.29, 0.717) is 31.5 Å². The molecule has 2 aromatic carbocycles. The van der Waals surface area contributed by atoms with Crippen molar-refractivity contribution >= 4 is 57.8 Å². The van der Waals surface area contributed by atoms with Crippen molar-refractivity contribution in [2.45, 2.75) is 0 Å². The number of nitrogens with two attached hydrogens (primary N) is 2. The molecule has 0 aliphatic rings. The van der Waals surface area contributed by atoms with E-state index in [1.165, 1.54) is 0 Å².